The number of aryl methyl sites for hydroxylation is 3. The average molecular weight is 505 g/mol. The molecule has 2 aromatic heterocycles. The largest absolute Gasteiger partial charge is 0.479 e. The van der Waals surface area contributed by atoms with Crippen molar-refractivity contribution in [1.29, 1.82) is 0 Å². The lowest BCUT2D eigenvalue weighted by molar-refractivity contribution is -0.160. The van der Waals surface area contributed by atoms with E-state index in [1.807, 2.05) is 38.3 Å². The van der Waals surface area contributed by atoms with Crippen molar-refractivity contribution in [2.75, 3.05) is 18.0 Å². The molecule has 0 radical (unpaired) electrons. The maximum atomic E-state index is 12.6. The van der Waals surface area contributed by atoms with Gasteiger partial charge in [0.15, 0.2) is 11.8 Å². The molecule has 7 nitrogen and oxygen atoms in total. The number of ether oxygens (including phenoxy) is 1. The van der Waals surface area contributed by atoms with Crippen molar-refractivity contribution in [2.24, 2.45) is 5.41 Å². The van der Waals surface area contributed by atoms with E-state index < -0.39 is 17.7 Å². The molecular formula is C30H40N4O3. The summed E-state index contributed by atoms with van der Waals surface area (Å²) >= 11 is 0. The highest BCUT2D eigenvalue weighted by molar-refractivity contribution is 5.79. The maximum Gasteiger partial charge on any atom is 0.337 e. The van der Waals surface area contributed by atoms with Gasteiger partial charge in [0.25, 0.3) is 0 Å². The number of benzene rings is 1. The Hall–Kier alpha value is -2.93. The third-order valence-corrected chi connectivity index (χ3v) is 7.82. The van der Waals surface area contributed by atoms with Crippen LogP contribution in [0.1, 0.15) is 88.8 Å². The molecule has 1 atom stereocenters. The molecule has 3 heterocycles. The van der Waals surface area contributed by atoms with Crippen LogP contribution < -0.4 is 4.90 Å². The van der Waals surface area contributed by atoms with Crippen molar-refractivity contribution >= 4 is 17.4 Å². The van der Waals surface area contributed by atoms with Crippen LogP contribution >= 0.6 is 0 Å². The topological polar surface area (TPSA) is 80.0 Å². The van der Waals surface area contributed by atoms with E-state index in [-0.39, 0.29) is 5.41 Å². The average Bonchev–Trinajstić information content (AvgIpc) is 3.25. The molecule has 1 aromatic carbocycles. The molecule has 3 aromatic rings. The summed E-state index contributed by atoms with van der Waals surface area (Å²) < 4.78 is 7.99. The summed E-state index contributed by atoms with van der Waals surface area (Å²) in [5, 5.41) is 15.3. The van der Waals surface area contributed by atoms with Crippen LogP contribution in [0.2, 0.25) is 0 Å². The lowest BCUT2D eigenvalue weighted by atomic mass is 9.82. The van der Waals surface area contributed by atoms with Crippen LogP contribution in [-0.2, 0) is 22.4 Å². The standard InChI is InChI=1S/C30H40N4O3/c1-19-25(26(28(35)36)37-29(2,3)4)27(33-15-13-30(5,6)14-16-33)34-24(31-19)18-23(32-34)22-12-11-20-9-7-8-10-21(20)17-22/h11-12,17-18,26H,7-10,13-16H2,1-6H3,(H,35,36)/t26-/m0/s1. The van der Waals surface area contributed by atoms with Gasteiger partial charge in [0, 0.05) is 30.4 Å². The minimum Gasteiger partial charge on any atom is -0.479 e. The number of hydrogen-bond donors (Lipinski definition) is 1. The quantitative estimate of drug-likeness (QED) is 0.449. The van der Waals surface area contributed by atoms with Crippen molar-refractivity contribution in [3.05, 3.63) is 46.6 Å². The summed E-state index contributed by atoms with van der Waals surface area (Å²) in [6, 6.07) is 8.70. The molecule has 1 aliphatic carbocycles. The van der Waals surface area contributed by atoms with Gasteiger partial charge in [-0.05, 0) is 88.8 Å². The van der Waals surface area contributed by atoms with E-state index in [2.05, 4.69) is 36.9 Å². The highest BCUT2D eigenvalue weighted by atomic mass is 16.5. The third-order valence-electron chi connectivity index (χ3n) is 7.82. The van der Waals surface area contributed by atoms with Crippen molar-refractivity contribution in [3.63, 3.8) is 0 Å². The number of hydrogen-bond acceptors (Lipinski definition) is 5. The molecule has 1 fully saturated rings. The van der Waals surface area contributed by atoms with Crippen molar-refractivity contribution < 1.29 is 14.6 Å². The molecule has 7 heteroatoms. The number of anilines is 1. The zero-order chi connectivity index (χ0) is 26.5. The number of aliphatic carboxylic acids is 1. The molecule has 1 aliphatic heterocycles. The normalized spacial score (nSPS) is 18.6. The van der Waals surface area contributed by atoms with Gasteiger partial charge in [-0.1, -0.05) is 26.0 Å². The fourth-order valence-corrected chi connectivity index (χ4v) is 5.67. The molecule has 0 spiro atoms. The van der Waals surface area contributed by atoms with E-state index in [0.717, 1.165) is 61.5 Å². The lowest BCUT2D eigenvalue weighted by Gasteiger charge is -2.39. The van der Waals surface area contributed by atoms with Crippen molar-refractivity contribution in [2.45, 2.75) is 91.8 Å². The predicted molar refractivity (Wildman–Crippen MR) is 146 cm³/mol. The first-order chi connectivity index (χ1) is 17.4. The Morgan fingerprint density at radius 3 is 2.41 bits per heavy atom. The zero-order valence-corrected chi connectivity index (χ0v) is 23.1. The highest BCUT2D eigenvalue weighted by Gasteiger charge is 2.36. The first-order valence-electron chi connectivity index (χ1n) is 13.6. The Morgan fingerprint density at radius 1 is 1.08 bits per heavy atom. The van der Waals surface area contributed by atoms with E-state index in [4.69, 9.17) is 14.8 Å². The number of fused-ring (bicyclic) bond motifs is 2. The molecule has 0 unspecified atom stereocenters. The molecule has 198 valence electrons. The van der Waals surface area contributed by atoms with Crippen LogP contribution in [0, 0.1) is 12.3 Å². The summed E-state index contributed by atoms with van der Waals surface area (Å²) in [5.74, 6) is -0.223. The fraction of sp³-hybridized carbons (Fsp3) is 0.567. The number of carbonyl (C=O) groups is 1. The Kier molecular flexibility index (Phi) is 6.55. The molecule has 2 aliphatic rings. The SMILES string of the molecule is Cc1nc2cc(-c3ccc4c(c3)CCCC4)nn2c(N2CCC(C)(C)CC2)c1[C@H](OC(C)(C)C)C(=O)O. The van der Waals surface area contributed by atoms with Crippen LogP contribution in [0.25, 0.3) is 16.9 Å². The number of rotatable bonds is 5. The molecule has 0 saturated carbocycles. The van der Waals surface area contributed by atoms with Gasteiger partial charge in [0.1, 0.15) is 5.82 Å². The molecule has 1 N–H and O–H groups in total. The fourth-order valence-electron chi connectivity index (χ4n) is 5.67. The van der Waals surface area contributed by atoms with Gasteiger partial charge in [-0.2, -0.15) is 9.61 Å². The van der Waals surface area contributed by atoms with Gasteiger partial charge in [0.05, 0.1) is 16.9 Å². The van der Waals surface area contributed by atoms with Crippen LogP contribution in [0.4, 0.5) is 5.82 Å². The Bertz CT molecular complexity index is 1320. The van der Waals surface area contributed by atoms with E-state index in [0.29, 0.717) is 11.3 Å². The van der Waals surface area contributed by atoms with Gasteiger partial charge in [-0.3, -0.25) is 0 Å². The lowest BCUT2D eigenvalue weighted by Crippen LogP contribution is -2.40. The van der Waals surface area contributed by atoms with Crippen LogP contribution in [0.3, 0.4) is 0 Å². The number of carboxylic acids is 1. The molecule has 37 heavy (non-hydrogen) atoms. The maximum absolute atomic E-state index is 12.6. The van der Waals surface area contributed by atoms with Crippen LogP contribution in [-0.4, -0.2) is 44.4 Å². The van der Waals surface area contributed by atoms with Gasteiger partial charge in [-0.25, -0.2) is 9.78 Å². The van der Waals surface area contributed by atoms with Crippen LogP contribution in [0.5, 0.6) is 0 Å². The second-order valence-corrected chi connectivity index (χ2v) is 12.5. The molecule has 5 rings (SSSR count). The van der Waals surface area contributed by atoms with Crippen LogP contribution in [0.15, 0.2) is 24.3 Å². The molecular weight excluding hydrogens is 464 g/mol. The Balaban J connectivity index is 1.68. The number of carboxylic acid groups (broad SMARTS) is 1. The third kappa shape index (κ3) is 5.24. The summed E-state index contributed by atoms with van der Waals surface area (Å²) in [6.45, 7) is 13.8. The summed E-state index contributed by atoms with van der Waals surface area (Å²) in [7, 11) is 0. The molecule has 0 bridgehead atoms. The van der Waals surface area contributed by atoms with E-state index in [1.165, 1.54) is 24.0 Å². The minimum atomic E-state index is -1.14. The van der Waals surface area contributed by atoms with E-state index >= 15 is 0 Å². The number of piperidine rings is 1. The summed E-state index contributed by atoms with van der Waals surface area (Å²) in [6.07, 6.45) is 5.63. The van der Waals surface area contributed by atoms with Gasteiger partial charge in [-0.15, -0.1) is 0 Å². The van der Waals surface area contributed by atoms with Gasteiger partial charge < -0.3 is 14.7 Å². The number of nitrogens with zero attached hydrogens (tertiary/aromatic N) is 4. The monoisotopic (exact) mass is 504 g/mol. The smallest absolute Gasteiger partial charge is 0.337 e. The Morgan fingerprint density at radius 2 is 1.76 bits per heavy atom. The molecule has 1 saturated heterocycles. The minimum absolute atomic E-state index is 0.254. The summed E-state index contributed by atoms with van der Waals surface area (Å²) in [5.41, 5.74) is 6.40. The Labute approximate surface area is 219 Å². The van der Waals surface area contributed by atoms with E-state index in [1.54, 1.807) is 0 Å². The highest BCUT2D eigenvalue weighted by Crippen LogP contribution is 2.39. The first kappa shape index (κ1) is 25.7. The first-order valence-corrected chi connectivity index (χ1v) is 13.6. The summed E-state index contributed by atoms with van der Waals surface area (Å²) in [4.78, 5) is 19.7. The number of aromatic nitrogens is 3. The van der Waals surface area contributed by atoms with E-state index in [9.17, 15) is 9.90 Å². The van der Waals surface area contributed by atoms with Gasteiger partial charge >= 0.3 is 5.97 Å². The predicted octanol–water partition coefficient (Wildman–Crippen LogP) is 6.15. The van der Waals surface area contributed by atoms with Gasteiger partial charge in [0.2, 0.25) is 0 Å². The second-order valence-electron chi connectivity index (χ2n) is 12.5. The molecule has 0 amide bonds. The van der Waals surface area contributed by atoms with Crippen molar-refractivity contribution in [1.82, 2.24) is 14.6 Å². The zero-order valence-electron chi connectivity index (χ0n) is 23.1. The van der Waals surface area contributed by atoms with Crippen molar-refractivity contribution in [3.8, 4) is 11.3 Å². The second kappa shape index (κ2) is 9.43.